The molecule has 0 amide bonds. The van der Waals surface area contributed by atoms with Gasteiger partial charge in [-0.25, -0.2) is 4.79 Å². The van der Waals surface area contributed by atoms with E-state index in [9.17, 15) is 18.0 Å². The number of aromatic nitrogens is 2. The Morgan fingerprint density at radius 3 is 2.22 bits per heavy atom. The number of aryl methyl sites for hydroxylation is 1. The van der Waals surface area contributed by atoms with Gasteiger partial charge in [0.15, 0.2) is 5.60 Å². The Bertz CT molecular complexity index is 1230. The predicted octanol–water partition coefficient (Wildman–Crippen LogP) is 6.24. The molecule has 0 atom stereocenters. The van der Waals surface area contributed by atoms with Gasteiger partial charge in [-0.05, 0) is 44.2 Å². The lowest BCUT2D eigenvalue weighted by Crippen LogP contribution is -2.39. The van der Waals surface area contributed by atoms with E-state index in [1.54, 1.807) is 25.6 Å². The van der Waals surface area contributed by atoms with E-state index in [0.717, 1.165) is 5.69 Å². The molecule has 0 saturated heterocycles. The van der Waals surface area contributed by atoms with E-state index < -0.39 is 17.9 Å². The predicted molar refractivity (Wildman–Crippen MR) is 128 cm³/mol. The molecule has 0 spiro atoms. The molecule has 0 N–H and O–H groups in total. The number of nitrogens with zero attached hydrogens (tertiary/aromatic N) is 2. The zero-order valence-corrected chi connectivity index (χ0v) is 21.3. The SMILES string of the molecule is COC(=O)C(C)(C)Oc1cc(Cl)c(OCCc2cc(-c3ccc(OC(F)(F)F)cc3)nn2C)cc1Cl. The summed E-state index contributed by atoms with van der Waals surface area (Å²) in [6.45, 7) is 3.32. The maximum atomic E-state index is 12.3. The summed E-state index contributed by atoms with van der Waals surface area (Å²) in [7, 11) is 3.01. The highest BCUT2D eigenvalue weighted by molar-refractivity contribution is 6.35. The number of hydrogen-bond donors (Lipinski definition) is 0. The van der Waals surface area contributed by atoms with Gasteiger partial charge in [0.1, 0.15) is 17.2 Å². The standard InChI is InChI=1S/C24H23Cl2F3N2O5/c1-23(2,22(32)33-4)36-21-13-17(25)20(12-18(21)26)34-10-9-15-11-19(30-31(15)3)14-5-7-16(8-6-14)35-24(27,28)29/h5-8,11-13H,9-10H2,1-4H3. The van der Waals surface area contributed by atoms with Crippen LogP contribution in [0.25, 0.3) is 11.3 Å². The van der Waals surface area contributed by atoms with Crippen molar-refractivity contribution in [2.24, 2.45) is 7.05 Å². The van der Waals surface area contributed by atoms with Gasteiger partial charge in [-0.3, -0.25) is 4.68 Å². The van der Waals surface area contributed by atoms with Crippen molar-refractivity contribution in [2.45, 2.75) is 32.2 Å². The first kappa shape index (κ1) is 27.5. The number of hydrogen-bond acceptors (Lipinski definition) is 6. The molecule has 3 rings (SSSR count). The monoisotopic (exact) mass is 546 g/mol. The van der Waals surface area contributed by atoms with Crippen LogP contribution in [0.3, 0.4) is 0 Å². The second-order valence-corrected chi connectivity index (χ2v) is 8.95. The van der Waals surface area contributed by atoms with E-state index >= 15 is 0 Å². The van der Waals surface area contributed by atoms with Crippen LogP contribution in [0, 0.1) is 0 Å². The number of rotatable bonds is 9. The molecule has 2 aromatic carbocycles. The number of carbonyl (C=O) groups excluding carboxylic acids is 1. The minimum absolute atomic E-state index is 0.201. The number of carbonyl (C=O) groups is 1. The molecule has 0 aliphatic rings. The van der Waals surface area contributed by atoms with E-state index in [4.69, 9.17) is 37.4 Å². The second kappa shape index (κ2) is 10.9. The van der Waals surface area contributed by atoms with Crippen LogP contribution < -0.4 is 14.2 Å². The number of benzene rings is 2. The summed E-state index contributed by atoms with van der Waals surface area (Å²) in [5.41, 5.74) is 0.768. The topological polar surface area (TPSA) is 71.8 Å². The fourth-order valence-electron chi connectivity index (χ4n) is 3.24. The first-order valence-electron chi connectivity index (χ1n) is 10.6. The molecule has 0 aliphatic carbocycles. The molecular formula is C24H23Cl2F3N2O5. The number of methoxy groups -OCH3 is 1. The van der Waals surface area contributed by atoms with Crippen molar-refractivity contribution in [1.82, 2.24) is 9.78 Å². The highest BCUT2D eigenvalue weighted by Crippen LogP contribution is 2.37. The summed E-state index contributed by atoms with van der Waals surface area (Å²) in [6, 6.07) is 10.2. The van der Waals surface area contributed by atoms with Gasteiger partial charge >= 0.3 is 12.3 Å². The summed E-state index contributed by atoms with van der Waals surface area (Å²) in [4.78, 5) is 11.9. The van der Waals surface area contributed by atoms with Crippen LogP contribution >= 0.6 is 23.2 Å². The number of esters is 1. The lowest BCUT2D eigenvalue weighted by molar-refractivity contribution is -0.274. The molecular weight excluding hydrogens is 524 g/mol. The van der Waals surface area contributed by atoms with E-state index in [2.05, 4.69) is 9.84 Å². The van der Waals surface area contributed by atoms with Gasteiger partial charge in [0.25, 0.3) is 0 Å². The van der Waals surface area contributed by atoms with Crippen LogP contribution in [0.1, 0.15) is 19.5 Å². The van der Waals surface area contributed by atoms with E-state index in [0.29, 0.717) is 23.4 Å². The molecule has 0 bridgehead atoms. The molecule has 0 saturated carbocycles. The normalized spacial score (nSPS) is 11.8. The molecule has 12 heteroatoms. The van der Waals surface area contributed by atoms with Crippen LogP contribution in [0.15, 0.2) is 42.5 Å². The largest absolute Gasteiger partial charge is 0.573 e. The molecule has 194 valence electrons. The summed E-state index contributed by atoms with van der Waals surface area (Å²) < 4.78 is 58.8. The minimum atomic E-state index is -4.75. The van der Waals surface area contributed by atoms with Crippen LogP contribution in [0.2, 0.25) is 10.0 Å². The average Bonchev–Trinajstić information content (AvgIpc) is 3.16. The van der Waals surface area contributed by atoms with Crippen molar-refractivity contribution in [2.75, 3.05) is 13.7 Å². The van der Waals surface area contributed by atoms with E-state index in [1.165, 1.54) is 43.5 Å². The van der Waals surface area contributed by atoms with Crippen molar-refractivity contribution < 1.29 is 36.9 Å². The Kier molecular flexibility index (Phi) is 8.30. The first-order valence-corrected chi connectivity index (χ1v) is 11.3. The quantitative estimate of drug-likeness (QED) is 0.295. The average molecular weight is 547 g/mol. The molecule has 36 heavy (non-hydrogen) atoms. The first-order chi connectivity index (χ1) is 16.8. The Labute approximate surface area is 215 Å². The van der Waals surface area contributed by atoms with E-state index in [1.807, 2.05) is 6.07 Å². The molecule has 0 unspecified atom stereocenters. The van der Waals surface area contributed by atoms with Gasteiger partial charge in [0, 0.05) is 36.9 Å². The maximum absolute atomic E-state index is 12.3. The highest BCUT2D eigenvalue weighted by atomic mass is 35.5. The maximum Gasteiger partial charge on any atom is 0.573 e. The van der Waals surface area contributed by atoms with Crippen molar-refractivity contribution in [3.63, 3.8) is 0 Å². The third-order valence-electron chi connectivity index (χ3n) is 5.00. The Hall–Kier alpha value is -3.11. The lowest BCUT2D eigenvalue weighted by atomic mass is 10.1. The fourth-order valence-corrected chi connectivity index (χ4v) is 3.64. The molecule has 7 nitrogen and oxygen atoms in total. The van der Waals surface area contributed by atoms with Crippen molar-refractivity contribution >= 4 is 29.2 Å². The Morgan fingerprint density at radius 1 is 1.00 bits per heavy atom. The van der Waals surface area contributed by atoms with Gasteiger partial charge in [0.2, 0.25) is 0 Å². The van der Waals surface area contributed by atoms with Crippen LogP contribution in [0.5, 0.6) is 17.2 Å². The van der Waals surface area contributed by atoms with E-state index in [-0.39, 0.29) is 28.2 Å². The molecule has 0 radical (unpaired) electrons. The zero-order valence-electron chi connectivity index (χ0n) is 19.8. The molecule has 1 aromatic heterocycles. The summed E-state index contributed by atoms with van der Waals surface area (Å²) in [5, 5.41) is 4.84. The molecule has 1 heterocycles. The van der Waals surface area contributed by atoms with Crippen molar-refractivity contribution in [3.8, 4) is 28.5 Å². The van der Waals surface area contributed by atoms with Gasteiger partial charge in [0.05, 0.1) is 29.5 Å². The van der Waals surface area contributed by atoms with Gasteiger partial charge in [-0.2, -0.15) is 5.10 Å². The van der Waals surface area contributed by atoms with Crippen molar-refractivity contribution in [3.05, 3.63) is 58.2 Å². The Morgan fingerprint density at radius 2 is 1.61 bits per heavy atom. The van der Waals surface area contributed by atoms with Gasteiger partial charge < -0.3 is 18.9 Å². The molecule has 0 fully saturated rings. The zero-order chi connectivity index (χ0) is 26.7. The fraction of sp³-hybridized carbons (Fsp3) is 0.333. The number of alkyl halides is 3. The molecule has 0 aliphatic heterocycles. The molecule has 3 aromatic rings. The number of ether oxygens (including phenoxy) is 4. The van der Waals surface area contributed by atoms with Crippen molar-refractivity contribution in [1.29, 1.82) is 0 Å². The van der Waals surface area contributed by atoms with Crippen LogP contribution in [-0.2, 0) is 23.0 Å². The minimum Gasteiger partial charge on any atom is -0.492 e. The third kappa shape index (κ3) is 6.98. The lowest BCUT2D eigenvalue weighted by Gasteiger charge is -2.24. The Balaban J connectivity index is 1.64. The van der Waals surface area contributed by atoms with Crippen LogP contribution in [-0.4, -0.2) is 41.4 Å². The summed E-state index contributed by atoms with van der Waals surface area (Å²) >= 11 is 12.6. The highest BCUT2D eigenvalue weighted by Gasteiger charge is 2.32. The second-order valence-electron chi connectivity index (χ2n) is 8.13. The smallest absolute Gasteiger partial charge is 0.492 e. The summed E-state index contributed by atoms with van der Waals surface area (Å²) in [6.07, 6.45) is -4.29. The van der Waals surface area contributed by atoms with Crippen LogP contribution in [0.4, 0.5) is 13.2 Å². The third-order valence-corrected chi connectivity index (χ3v) is 5.60. The summed E-state index contributed by atoms with van der Waals surface area (Å²) in [5.74, 6) is -0.354. The van der Waals surface area contributed by atoms with Gasteiger partial charge in [-0.15, -0.1) is 13.2 Å². The van der Waals surface area contributed by atoms with Gasteiger partial charge in [-0.1, -0.05) is 23.2 Å². The number of halogens is 5.